The number of rotatable bonds is 3. The monoisotopic (exact) mass is 248 g/mol. The van der Waals surface area contributed by atoms with Gasteiger partial charge in [0.05, 0.1) is 5.92 Å². The number of alkyl halides is 2. The van der Waals surface area contributed by atoms with Gasteiger partial charge >= 0.3 is 0 Å². The number of hydrogen-bond donors (Lipinski definition) is 2. The van der Waals surface area contributed by atoms with Gasteiger partial charge in [0.1, 0.15) is 0 Å². The Morgan fingerprint density at radius 1 is 1.56 bits per heavy atom. The van der Waals surface area contributed by atoms with E-state index in [2.05, 4.69) is 20.8 Å². The lowest BCUT2D eigenvalue weighted by molar-refractivity contribution is -0.119. The number of halogens is 2. The molecule has 0 aliphatic carbocycles. The van der Waals surface area contributed by atoms with E-state index in [1.807, 2.05) is 0 Å². The van der Waals surface area contributed by atoms with Crippen LogP contribution in [0.4, 0.5) is 13.9 Å². The second-order valence-electron chi connectivity index (χ2n) is 3.43. The third-order valence-corrected chi connectivity index (χ3v) is 3.13. The van der Waals surface area contributed by atoms with E-state index in [0.29, 0.717) is 17.9 Å². The molecular formula is C8H10F2N4OS. The Balaban J connectivity index is 1.95. The van der Waals surface area contributed by atoms with Crippen molar-refractivity contribution in [3.8, 4) is 0 Å². The number of carbonyl (C=O) groups is 1. The highest BCUT2D eigenvalue weighted by Crippen LogP contribution is 2.25. The van der Waals surface area contributed by atoms with Crippen molar-refractivity contribution in [1.82, 2.24) is 15.5 Å². The lowest BCUT2D eigenvalue weighted by Gasteiger charge is -2.05. The quantitative estimate of drug-likeness (QED) is 0.838. The molecule has 1 unspecified atom stereocenters. The highest BCUT2D eigenvalue weighted by molar-refractivity contribution is 7.15. The van der Waals surface area contributed by atoms with Gasteiger partial charge in [-0.3, -0.25) is 4.79 Å². The lowest BCUT2D eigenvalue weighted by atomic mass is 10.1. The van der Waals surface area contributed by atoms with E-state index in [-0.39, 0.29) is 22.0 Å². The van der Waals surface area contributed by atoms with E-state index in [4.69, 9.17) is 0 Å². The zero-order chi connectivity index (χ0) is 11.5. The molecule has 0 radical (unpaired) electrons. The first-order valence-electron chi connectivity index (χ1n) is 4.80. The Kier molecular flexibility index (Phi) is 3.39. The Morgan fingerprint density at radius 3 is 2.94 bits per heavy atom. The van der Waals surface area contributed by atoms with Crippen LogP contribution >= 0.6 is 11.3 Å². The van der Waals surface area contributed by atoms with E-state index in [1.165, 1.54) is 0 Å². The van der Waals surface area contributed by atoms with Crippen LogP contribution < -0.4 is 10.6 Å². The summed E-state index contributed by atoms with van der Waals surface area (Å²) in [5.74, 6) is -0.305. The molecule has 16 heavy (non-hydrogen) atoms. The van der Waals surface area contributed by atoms with Gasteiger partial charge in [-0.15, -0.1) is 10.2 Å². The van der Waals surface area contributed by atoms with Gasteiger partial charge in [0, 0.05) is 6.54 Å². The van der Waals surface area contributed by atoms with E-state index in [9.17, 15) is 13.6 Å². The SMILES string of the molecule is O=C(Nc1nnc(C(F)F)s1)C1CCNC1. The zero-order valence-corrected chi connectivity index (χ0v) is 9.06. The molecule has 1 aliphatic heterocycles. The topological polar surface area (TPSA) is 66.9 Å². The van der Waals surface area contributed by atoms with Crippen LogP contribution in [-0.2, 0) is 4.79 Å². The second kappa shape index (κ2) is 4.79. The molecule has 88 valence electrons. The van der Waals surface area contributed by atoms with Crippen LogP contribution in [0.5, 0.6) is 0 Å². The van der Waals surface area contributed by atoms with Gasteiger partial charge in [-0.05, 0) is 13.0 Å². The molecule has 0 bridgehead atoms. The maximum atomic E-state index is 12.2. The normalized spacial score (nSPS) is 20.3. The van der Waals surface area contributed by atoms with Crippen molar-refractivity contribution in [2.45, 2.75) is 12.8 Å². The Hall–Kier alpha value is -1.15. The predicted molar refractivity (Wildman–Crippen MR) is 54.5 cm³/mol. The number of aromatic nitrogens is 2. The molecule has 2 N–H and O–H groups in total. The van der Waals surface area contributed by atoms with Gasteiger partial charge in [0.2, 0.25) is 11.0 Å². The molecule has 8 heteroatoms. The van der Waals surface area contributed by atoms with Gasteiger partial charge in [0.25, 0.3) is 6.43 Å². The van der Waals surface area contributed by atoms with Crippen molar-refractivity contribution < 1.29 is 13.6 Å². The summed E-state index contributed by atoms with van der Waals surface area (Å²) in [6.45, 7) is 1.42. The lowest BCUT2D eigenvalue weighted by Crippen LogP contribution is -2.24. The van der Waals surface area contributed by atoms with E-state index < -0.39 is 6.43 Å². The molecule has 2 heterocycles. The van der Waals surface area contributed by atoms with Crippen molar-refractivity contribution in [2.24, 2.45) is 5.92 Å². The Labute approximate surface area is 94.3 Å². The largest absolute Gasteiger partial charge is 0.316 e. The smallest absolute Gasteiger partial charge is 0.291 e. The molecule has 2 rings (SSSR count). The maximum Gasteiger partial charge on any atom is 0.291 e. The standard InChI is InChI=1S/C8H10F2N4OS/c9-5(10)7-13-14-8(16-7)12-6(15)4-1-2-11-3-4/h4-5,11H,1-3H2,(H,12,14,15). The number of amides is 1. The number of nitrogens with zero attached hydrogens (tertiary/aromatic N) is 2. The molecule has 0 spiro atoms. The van der Waals surface area contributed by atoms with Gasteiger partial charge in [-0.25, -0.2) is 8.78 Å². The number of hydrogen-bond acceptors (Lipinski definition) is 5. The van der Waals surface area contributed by atoms with Crippen LogP contribution in [0, 0.1) is 5.92 Å². The summed E-state index contributed by atoms with van der Waals surface area (Å²) in [6.07, 6.45) is -1.89. The molecule has 1 atom stereocenters. The number of nitrogens with one attached hydrogen (secondary N) is 2. The minimum atomic E-state index is -2.64. The molecule has 5 nitrogen and oxygen atoms in total. The summed E-state index contributed by atoms with van der Waals surface area (Å²) in [5.41, 5.74) is 0. The van der Waals surface area contributed by atoms with Crippen molar-refractivity contribution in [3.63, 3.8) is 0 Å². The summed E-state index contributed by atoms with van der Waals surface area (Å²) >= 11 is 0.704. The molecular weight excluding hydrogens is 238 g/mol. The average Bonchev–Trinajstić information content (AvgIpc) is 2.87. The molecule has 1 fully saturated rings. The molecule has 1 amide bonds. The van der Waals surface area contributed by atoms with E-state index in [1.54, 1.807) is 0 Å². The van der Waals surface area contributed by atoms with Crippen LogP contribution in [0.1, 0.15) is 17.9 Å². The minimum Gasteiger partial charge on any atom is -0.316 e. The number of anilines is 1. The summed E-state index contributed by atoms with van der Waals surface area (Å²) in [4.78, 5) is 11.6. The van der Waals surface area contributed by atoms with Crippen LogP contribution in [0.3, 0.4) is 0 Å². The average molecular weight is 248 g/mol. The molecule has 1 saturated heterocycles. The van der Waals surface area contributed by atoms with Gasteiger partial charge in [0.15, 0.2) is 5.01 Å². The summed E-state index contributed by atoms with van der Waals surface area (Å²) in [5, 5.41) is 12.1. The molecule has 0 saturated carbocycles. The molecule has 1 aromatic rings. The Morgan fingerprint density at radius 2 is 2.38 bits per heavy atom. The van der Waals surface area contributed by atoms with Crippen molar-refractivity contribution in [1.29, 1.82) is 0 Å². The second-order valence-corrected chi connectivity index (χ2v) is 4.43. The maximum absolute atomic E-state index is 12.2. The summed E-state index contributed by atoms with van der Waals surface area (Å²) in [7, 11) is 0. The summed E-state index contributed by atoms with van der Waals surface area (Å²) < 4.78 is 24.4. The fraction of sp³-hybridized carbons (Fsp3) is 0.625. The van der Waals surface area contributed by atoms with E-state index >= 15 is 0 Å². The van der Waals surface area contributed by atoms with Crippen LogP contribution in [0.15, 0.2) is 0 Å². The first-order valence-corrected chi connectivity index (χ1v) is 5.61. The fourth-order valence-corrected chi connectivity index (χ4v) is 2.06. The predicted octanol–water partition coefficient (Wildman–Crippen LogP) is 1.02. The van der Waals surface area contributed by atoms with Crippen molar-refractivity contribution >= 4 is 22.4 Å². The number of carbonyl (C=O) groups excluding carboxylic acids is 1. The third-order valence-electron chi connectivity index (χ3n) is 2.29. The van der Waals surface area contributed by atoms with Crippen LogP contribution in [0.2, 0.25) is 0 Å². The van der Waals surface area contributed by atoms with Gasteiger partial charge < -0.3 is 10.6 Å². The molecule has 0 aromatic carbocycles. The minimum absolute atomic E-state index is 0.112. The zero-order valence-electron chi connectivity index (χ0n) is 8.24. The fourth-order valence-electron chi connectivity index (χ4n) is 1.46. The molecule has 1 aromatic heterocycles. The first kappa shape index (κ1) is 11.3. The third kappa shape index (κ3) is 2.50. The van der Waals surface area contributed by atoms with Gasteiger partial charge in [-0.1, -0.05) is 11.3 Å². The van der Waals surface area contributed by atoms with E-state index in [0.717, 1.165) is 13.0 Å². The van der Waals surface area contributed by atoms with Crippen molar-refractivity contribution in [2.75, 3.05) is 18.4 Å². The highest BCUT2D eigenvalue weighted by Gasteiger charge is 2.24. The van der Waals surface area contributed by atoms with Gasteiger partial charge in [-0.2, -0.15) is 0 Å². The van der Waals surface area contributed by atoms with Crippen LogP contribution in [-0.4, -0.2) is 29.2 Å². The Bertz CT molecular complexity index is 378. The summed E-state index contributed by atoms with van der Waals surface area (Å²) in [6, 6.07) is 0. The highest BCUT2D eigenvalue weighted by atomic mass is 32.1. The first-order chi connectivity index (χ1) is 7.66. The van der Waals surface area contributed by atoms with Crippen molar-refractivity contribution in [3.05, 3.63) is 5.01 Å². The van der Waals surface area contributed by atoms with Crippen LogP contribution in [0.25, 0.3) is 0 Å². The molecule has 1 aliphatic rings.